The number of carbonyl (C=O) groups is 1. The summed E-state index contributed by atoms with van der Waals surface area (Å²) in [5.41, 5.74) is 3.51. The fourth-order valence-corrected chi connectivity index (χ4v) is 3.06. The first-order chi connectivity index (χ1) is 15.0. The van der Waals surface area contributed by atoms with Gasteiger partial charge in [-0.05, 0) is 53.0 Å². The second kappa shape index (κ2) is 10.6. The van der Waals surface area contributed by atoms with E-state index in [0.717, 1.165) is 10.6 Å². The van der Waals surface area contributed by atoms with Gasteiger partial charge >= 0.3 is 0 Å². The molecule has 8 heteroatoms. The van der Waals surface area contributed by atoms with Gasteiger partial charge in [-0.15, -0.1) is 6.42 Å². The molecule has 0 unspecified atom stereocenters. The molecule has 3 aromatic rings. The minimum absolute atomic E-state index is 0.0946. The van der Waals surface area contributed by atoms with Crippen molar-refractivity contribution < 1.29 is 9.53 Å². The zero-order valence-electron chi connectivity index (χ0n) is 17.0. The second-order valence-electron chi connectivity index (χ2n) is 6.76. The van der Waals surface area contributed by atoms with Crippen molar-refractivity contribution in [3.8, 4) is 18.2 Å². The lowest BCUT2D eigenvalue weighted by molar-refractivity contribution is -0.118. The van der Waals surface area contributed by atoms with Gasteiger partial charge in [0.05, 0.1) is 16.4 Å². The quantitative estimate of drug-likeness (QED) is 0.218. The smallest absolute Gasteiger partial charge is 0.241 e. The SMILES string of the molecule is C#CCOc1nc(Nc2cccc(N(N)C(=O)CCc3ccc(C)cc3)c2)ncc1Br. The van der Waals surface area contributed by atoms with Crippen LogP contribution in [0.15, 0.2) is 59.2 Å². The van der Waals surface area contributed by atoms with Crippen molar-refractivity contribution in [2.75, 3.05) is 16.9 Å². The molecule has 0 aliphatic carbocycles. The summed E-state index contributed by atoms with van der Waals surface area (Å²) in [7, 11) is 0. The second-order valence-corrected chi connectivity index (χ2v) is 7.62. The number of rotatable bonds is 8. The van der Waals surface area contributed by atoms with Crippen molar-refractivity contribution in [2.45, 2.75) is 19.8 Å². The summed E-state index contributed by atoms with van der Waals surface area (Å²) in [6, 6.07) is 15.2. The Morgan fingerprint density at radius 2 is 2.06 bits per heavy atom. The molecule has 2 aromatic carbocycles. The number of amides is 1. The lowest BCUT2D eigenvalue weighted by Gasteiger charge is -2.18. The summed E-state index contributed by atoms with van der Waals surface area (Å²) in [6.45, 7) is 2.12. The number of aryl methyl sites for hydroxylation is 2. The molecule has 158 valence electrons. The number of anilines is 3. The third-order valence-electron chi connectivity index (χ3n) is 4.40. The first-order valence-corrected chi connectivity index (χ1v) is 10.3. The van der Waals surface area contributed by atoms with Crippen molar-refractivity contribution in [1.29, 1.82) is 0 Å². The van der Waals surface area contributed by atoms with Crippen LogP contribution in [-0.2, 0) is 11.2 Å². The van der Waals surface area contributed by atoms with E-state index in [1.165, 1.54) is 5.56 Å². The molecule has 0 bridgehead atoms. The number of benzene rings is 2. The standard InChI is InChI=1S/C23H22BrN5O2/c1-3-13-31-22-20(24)15-26-23(28-22)27-18-5-4-6-19(14-18)29(25)21(30)12-11-17-9-7-16(2)8-10-17/h1,4-10,14-15H,11-13,25H2,2H3,(H,26,27,28). The summed E-state index contributed by atoms with van der Waals surface area (Å²) in [6.07, 6.45) is 7.72. The Kier molecular flexibility index (Phi) is 7.60. The highest BCUT2D eigenvalue weighted by atomic mass is 79.9. The molecule has 3 N–H and O–H groups in total. The number of carbonyl (C=O) groups excluding carboxylic acids is 1. The lowest BCUT2D eigenvalue weighted by atomic mass is 10.1. The van der Waals surface area contributed by atoms with Crippen LogP contribution in [-0.4, -0.2) is 22.5 Å². The molecule has 7 nitrogen and oxygen atoms in total. The summed E-state index contributed by atoms with van der Waals surface area (Å²) < 4.78 is 5.97. The van der Waals surface area contributed by atoms with Crippen LogP contribution in [0.3, 0.4) is 0 Å². The molecule has 1 heterocycles. The monoisotopic (exact) mass is 479 g/mol. The Morgan fingerprint density at radius 1 is 1.29 bits per heavy atom. The summed E-state index contributed by atoms with van der Waals surface area (Å²) >= 11 is 3.32. The molecular weight excluding hydrogens is 458 g/mol. The van der Waals surface area contributed by atoms with Crippen LogP contribution >= 0.6 is 15.9 Å². The number of halogens is 1. The minimum Gasteiger partial charge on any atom is -0.464 e. The van der Waals surface area contributed by atoms with E-state index in [1.807, 2.05) is 37.3 Å². The van der Waals surface area contributed by atoms with Gasteiger partial charge in [0.25, 0.3) is 0 Å². The Morgan fingerprint density at radius 3 is 2.81 bits per heavy atom. The van der Waals surface area contributed by atoms with E-state index in [0.29, 0.717) is 40.5 Å². The van der Waals surface area contributed by atoms with Crippen LogP contribution in [0.25, 0.3) is 0 Å². The molecular formula is C23H22BrN5O2. The number of nitrogens with two attached hydrogens (primary N) is 1. The van der Waals surface area contributed by atoms with Gasteiger partial charge in [0.1, 0.15) is 0 Å². The molecule has 3 rings (SSSR count). The molecule has 0 radical (unpaired) electrons. The van der Waals surface area contributed by atoms with Crippen molar-refractivity contribution in [2.24, 2.45) is 5.84 Å². The highest BCUT2D eigenvalue weighted by molar-refractivity contribution is 9.10. The molecule has 0 saturated heterocycles. The third-order valence-corrected chi connectivity index (χ3v) is 4.95. The molecule has 1 aromatic heterocycles. The van der Waals surface area contributed by atoms with Crippen molar-refractivity contribution in [3.63, 3.8) is 0 Å². The predicted octanol–water partition coefficient (Wildman–Crippen LogP) is 4.14. The van der Waals surface area contributed by atoms with Crippen molar-refractivity contribution >= 4 is 39.2 Å². The van der Waals surface area contributed by atoms with E-state index in [1.54, 1.807) is 24.4 Å². The van der Waals surface area contributed by atoms with Gasteiger partial charge in [0.2, 0.25) is 17.7 Å². The van der Waals surface area contributed by atoms with Gasteiger partial charge in [0, 0.05) is 12.1 Å². The average molecular weight is 480 g/mol. The molecule has 31 heavy (non-hydrogen) atoms. The number of ether oxygens (including phenoxy) is 1. The maximum absolute atomic E-state index is 12.6. The molecule has 0 spiro atoms. The summed E-state index contributed by atoms with van der Waals surface area (Å²) in [5.74, 6) is 8.93. The minimum atomic E-state index is -0.178. The molecule has 0 aliphatic rings. The molecule has 0 aliphatic heterocycles. The van der Waals surface area contributed by atoms with Crippen LogP contribution in [0.5, 0.6) is 5.88 Å². The van der Waals surface area contributed by atoms with E-state index >= 15 is 0 Å². The molecule has 1 amide bonds. The maximum atomic E-state index is 12.6. The van der Waals surface area contributed by atoms with Gasteiger partial charge in [-0.25, -0.2) is 15.8 Å². The van der Waals surface area contributed by atoms with Gasteiger partial charge in [0.15, 0.2) is 6.61 Å². The molecule has 0 saturated carbocycles. The van der Waals surface area contributed by atoms with Gasteiger partial charge in [-0.3, -0.25) is 4.79 Å². The number of hydrogen-bond donors (Lipinski definition) is 2. The first kappa shape index (κ1) is 22.3. The van der Waals surface area contributed by atoms with Gasteiger partial charge in [-0.1, -0.05) is 41.8 Å². The van der Waals surface area contributed by atoms with E-state index in [9.17, 15) is 4.79 Å². The van der Waals surface area contributed by atoms with Crippen LogP contribution in [0.2, 0.25) is 0 Å². The number of hydrogen-bond acceptors (Lipinski definition) is 6. The maximum Gasteiger partial charge on any atom is 0.241 e. The normalized spacial score (nSPS) is 10.3. The number of hydrazine groups is 1. The number of terminal acetylenes is 1. The molecule has 0 fully saturated rings. The molecule has 0 atom stereocenters. The number of nitrogens with one attached hydrogen (secondary N) is 1. The average Bonchev–Trinajstić information content (AvgIpc) is 2.78. The predicted molar refractivity (Wildman–Crippen MR) is 125 cm³/mol. The van der Waals surface area contributed by atoms with E-state index < -0.39 is 0 Å². The highest BCUT2D eigenvalue weighted by Gasteiger charge is 2.13. The van der Waals surface area contributed by atoms with Crippen LogP contribution in [0, 0.1) is 19.3 Å². The Bertz CT molecular complexity index is 1100. The zero-order chi connectivity index (χ0) is 22.2. The first-order valence-electron chi connectivity index (χ1n) is 9.55. The van der Waals surface area contributed by atoms with Crippen molar-refractivity contribution in [1.82, 2.24) is 9.97 Å². The summed E-state index contributed by atoms with van der Waals surface area (Å²) in [4.78, 5) is 21.0. The Hall–Kier alpha value is -3.41. The van der Waals surface area contributed by atoms with Crippen LogP contribution < -0.4 is 20.9 Å². The van der Waals surface area contributed by atoms with E-state index in [4.69, 9.17) is 17.0 Å². The topological polar surface area (TPSA) is 93.4 Å². The largest absolute Gasteiger partial charge is 0.464 e. The fraction of sp³-hybridized carbons (Fsp3) is 0.174. The zero-order valence-corrected chi connectivity index (χ0v) is 18.6. The summed E-state index contributed by atoms with van der Waals surface area (Å²) in [5, 5.41) is 4.23. The van der Waals surface area contributed by atoms with E-state index in [2.05, 4.69) is 37.1 Å². The van der Waals surface area contributed by atoms with E-state index in [-0.39, 0.29) is 12.5 Å². The lowest BCUT2D eigenvalue weighted by Crippen LogP contribution is -2.37. The fourth-order valence-electron chi connectivity index (χ4n) is 2.76. The Labute approximate surface area is 189 Å². The van der Waals surface area contributed by atoms with Crippen molar-refractivity contribution in [3.05, 3.63) is 70.3 Å². The van der Waals surface area contributed by atoms with Crippen LogP contribution in [0.1, 0.15) is 17.5 Å². The van der Waals surface area contributed by atoms with Gasteiger partial charge in [-0.2, -0.15) is 4.98 Å². The third kappa shape index (κ3) is 6.28. The number of nitrogens with zero attached hydrogens (tertiary/aromatic N) is 3. The number of aromatic nitrogens is 2. The highest BCUT2D eigenvalue weighted by Crippen LogP contribution is 2.25. The van der Waals surface area contributed by atoms with Gasteiger partial charge < -0.3 is 10.1 Å². The van der Waals surface area contributed by atoms with Crippen LogP contribution in [0.4, 0.5) is 17.3 Å². The Balaban J connectivity index is 1.65.